The molecule has 1 aromatic heterocycles. The van der Waals surface area contributed by atoms with E-state index >= 15 is 0 Å². The zero-order valence-corrected chi connectivity index (χ0v) is 15.5. The number of amides is 1. The molecule has 0 saturated heterocycles. The van der Waals surface area contributed by atoms with Crippen LogP contribution >= 0.6 is 23.2 Å². The Balaban J connectivity index is 1.89. The molecule has 0 aliphatic heterocycles. The molecular formula is C19H15Cl2NO4. The van der Waals surface area contributed by atoms with Crippen molar-refractivity contribution in [2.75, 3.05) is 19.5 Å². The molecule has 0 bridgehead atoms. The van der Waals surface area contributed by atoms with Crippen molar-refractivity contribution in [3.63, 3.8) is 0 Å². The van der Waals surface area contributed by atoms with Gasteiger partial charge in [-0.05, 0) is 42.5 Å². The summed E-state index contributed by atoms with van der Waals surface area (Å²) in [5, 5.41) is 3.74. The van der Waals surface area contributed by atoms with Gasteiger partial charge in [0.2, 0.25) is 0 Å². The van der Waals surface area contributed by atoms with Crippen LogP contribution in [0.1, 0.15) is 10.6 Å². The quantitative estimate of drug-likeness (QED) is 0.621. The maximum atomic E-state index is 12.6. The number of anilines is 1. The van der Waals surface area contributed by atoms with E-state index < -0.39 is 5.91 Å². The van der Waals surface area contributed by atoms with Gasteiger partial charge in [0.15, 0.2) is 5.76 Å². The molecule has 26 heavy (non-hydrogen) atoms. The lowest BCUT2D eigenvalue weighted by molar-refractivity contribution is 0.0996. The molecule has 1 amide bonds. The lowest BCUT2D eigenvalue weighted by Gasteiger charge is -2.13. The number of benzene rings is 2. The summed E-state index contributed by atoms with van der Waals surface area (Å²) >= 11 is 12.2. The van der Waals surface area contributed by atoms with Gasteiger partial charge in [0.05, 0.1) is 19.2 Å². The predicted octanol–water partition coefficient (Wildman–Crippen LogP) is 5.52. The highest BCUT2D eigenvalue weighted by atomic mass is 35.5. The number of ether oxygens (including phenoxy) is 2. The largest absolute Gasteiger partial charge is 0.494 e. The molecule has 0 aliphatic carbocycles. The summed E-state index contributed by atoms with van der Waals surface area (Å²) in [5.74, 6) is 1.06. The SMILES string of the molecule is COc1cccc(OC)c1NC(=O)c1ccc(-c2cc(Cl)ccc2Cl)o1. The zero-order chi connectivity index (χ0) is 18.7. The van der Waals surface area contributed by atoms with E-state index in [9.17, 15) is 4.79 Å². The van der Waals surface area contributed by atoms with Crippen LogP contribution in [0.3, 0.4) is 0 Å². The second-order valence-corrected chi connectivity index (χ2v) is 6.12. The summed E-state index contributed by atoms with van der Waals surface area (Å²) in [6.45, 7) is 0. The van der Waals surface area contributed by atoms with Gasteiger partial charge < -0.3 is 19.2 Å². The van der Waals surface area contributed by atoms with Crippen LogP contribution in [0.5, 0.6) is 11.5 Å². The predicted molar refractivity (Wildman–Crippen MR) is 102 cm³/mol. The number of methoxy groups -OCH3 is 2. The van der Waals surface area contributed by atoms with E-state index in [1.54, 1.807) is 48.5 Å². The lowest BCUT2D eigenvalue weighted by Crippen LogP contribution is -2.12. The zero-order valence-electron chi connectivity index (χ0n) is 14.0. The maximum absolute atomic E-state index is 12.6. The van der Waals surface area contributed by atoms with Crippen molar-refractivity contribution in [2.45, 2.75) is 0 Å². The van der Waals surface area contributed by atoms with Gasteiger partial charge in [0.25, 0.3) is 5.91 Å². The molecule has 0 radical (unpaired) electrons. The van der Waals surface area contributed by atoms with E-state index in [0.29, 0.717) is 38.6 Å². The van der Waals surface area contributed by atoms with Gasteiger partial charge in [0, 0.05) is 10.6 Å². The van der Waals surface area contributed by atoms with Crippen LogP contribution in [0.15, 0.2) is 52.9 Å². The van der Waals surface area contributed by atoms with Gasteiger partial charge in [-0.3, -0.25) is 4.79 Å². The summed E-state index contributed by atoms with van der Waals surface area (Å²) in [5.41, 5.74) is 1.02. The number of halogens is 2. The van der Waals surface area contributed by atoms with Crippen molar-refractivity contribution in [2.24, 2.45) is 0 Å². The van der Waals surface area contributed by atoms with Crippen molar-refractivity contribution in [3.8, 4) is 22.8 Å². The molecule has 134 valence electrons. The second kappa shape index (κ2) is 7.72. The van der Waals surface area contributed by atoms with Crippen molar-refractivity contribution in [3.05, 3.63) is 64.3 Å². The molecule has 2 aromatic carbocycles. The molecule has 1 heterocycles. The van der Waals surface area contributed by atoms with Crippen LogP contribution in [-0.4, -0.2) is 20.1 Å². The number of rotatable bonds is 5. The maximum Gasteiger partial charge on any atom is 0.291 e. The van der Waals surface area contributed by atoms with Crippen molar-refractivity contribution in [1.82, 2.24) is 0 Å². The highest BCUT2D eigenvalue weighted by Crippen LogP contribution is 2.35. The molecule has 5 nitrogen and oxygen atoms in total. The van der Waals surface area contributed by atoms with E-state index in [1.165, 1.54) is 14.2 Å². The van der Waals surface area contributed by atoms with Gasteiger partial charge >= 0.3 is 0 Å². The average molecular weight is 392 g/mol. The molecule has 0 fully saturated rings. The fraction of sp³-hybridized carbons (Fsp3) is 0.105. The van der Waals surface area contributed by atoms with Gasteiger partial charge in [-0.2, -0.15) is 0 Å². The second-order valence-electron chi connectivity index (χ2n) is 5.28. The first-order valence-corrected chi connectivity index (χ1v) is 8.36. The van der Waals surface area contributed by atoms with Crippen molar-refractivity contribution < 1.29 is 18.7 Å². The molecule has 1 N–H and O–H groups in total. The molecule has 0 atom stereocenters. The van der Waals surface area contributed by atoms with Crippen molar-refractivity contribution >= 4 is 34.8 Å². The summed E-state index contributed by atoms with van der Waals surface area (Å²) in [6, 6.07) is 13.4. The first-order valence-electron chi connectivity index (χ1n) is 7.61. The number of carbonyl (C=O) groups excluding carboxylic acids is 1. The number of hydrogen-bond donors (Lipinski definition) is 1. The fourth-order valence-electron chi connectivity index (χ4n) is 2.44. The minimum Gasteiger partial charge on any atom is -0.494 e. The van der Waals surface area contributed by atoms with E-state index in [-0.39, 0.29) is 5.76 Å². The number of para-hydroxylation sites is 1. The van der Waals surface area contributed by atoms with Crippen LogP contribution in [0.25, 0.3) is 11.3 Å². The highest BCUT2D eigenvalue weighted by Gasteiger charge is 2.18. The van der Waals surface area contributed by atoms with Crippen LogP contribution in [0.2, 0.25) is 10.0 Å². The number of nitrogens with one attached hydrogen (secondary N) is 1. The number of hydrogen-bond acceptors (Lipinski definition) is 4. The molecular weight excluding hydrogens is 377 g/mol. The van der Waals surface area contributed by atoms with E-state index in [2.05, 4.69) is 5.32 Å². The van der Waals surface area contributed by atoms with Crippen LogP contribution in [-0.2, 0) is 0 Å². The highest BCUT2D eigenvalue weighted by molar-refractivity contribution is 6.35. The molecule has 7 heteroatoms. The lowest BCUT2D eigenvalue weighted by atomic mass is 10.2. The number of furan rings is 1. The summed E-state index contributed by atoms with van der Waals surface area (Å²) in [4.78, 5) is 12.6. The van der Waals surface area contributed by atoms with E-state index in [4.69, 9.17) is 37.1 Å². The Morgan fingerprint density at radius 3 is 2.35 bits per heavy atom. The molecule has 3 aromatic rings. The molecule has 0 spiro atoms. The minimum atomic E-state index is -0.447. The Hall–Kier alpha value is -2.63. The van der Waals surface area contributed by atoms with Gasteiger partial charge in [0.1, 0.15) is 22.9 Å². The standard InChI is InChI=1S/C19H15Cl2NO4/c1-24-15-4-3-5-16(25-2)18(15)22-19(23)17-9-8-14(26-17)12-10-11(20)6-7-13(12)21/h3-10H,1-2H3,(H,22,23). The third kappa shape index (κ3) is 3.64. The topological polar surface area (TPSA) is 60.7 Å². The van der Waals surface area contributed by atoms with Gasteiger partial charge in [-0.1, -0.05) is 29.3 Å². The fourth-order valence-corrected chi connectivity index (χ4v) is 2.82. The summed E-state index contributed by atoms with van der Waals surface area (Å²) in [6.07, 6.45) is 0. The van der Waals surface area contributed by atoms with Gasteiger partial charge in [-0.15, -0.1) is 0 Å². The first-order chi connectivity index (χ1) is 12.5. The van der Waals surface area contributed by atoms with Crippen LogP contribution < -0.4 is 14.8 Å². The Bertz CT molecular complexity index is 930. The molecule has 0 aliphatic rings. The van der Waals surface area contributed by atoms with E-state index in [0.717, 1.165) is 0 Å². The number of carbonyl (C=O) groups is 1. The smallest absolute Gasteiger partial charge is 0.291 e. The third-order valence-electron chi connectivity index (χ3n) is 3.69. The third-order valence-corrected chi connectivity index (χ3v) is 4.25. The van der Waals surface area contributed by atoms with Crippen molar-refractivity contribution in [1.29, 1.82) is 0 Å². The molecule has 0 unspecified atom stereocenters. The normalized spacial score (nSPS) is 10.5. The first kappa shape index (κ1) is 18.2. The summed E-state index contributed by atoms with van der Waals surface area (Å²) in [7, 11) is 3.02. The Labute approximate surface area is 160 Å². The average Bonchev–Trinajstić information content (AvgIpc) is 3.14. The Kier molecular flexibility index (Phi) is 5.40. The summed E-state index contributed by atoms with van der Waals surface area (Å²) < 4.78 is 16.2. The van der Waals surface area contributed by atoms with Gasteiger partial charge in [-0.25, -0.2) is 0 Å². The van der Waals surface area contributed by atoms with Crippen LogP contribution in [0, 0.1) is 0 Å². The van der Waals surface area contributed by atoms with Crippen LogP contribution in [0.4, 0.5) is 5.69 Å². The minimum absolute atomic E-state index is 0.115. The monoisotopic (exact) mass is 391 g/mol. The molecule has 0 saturated carbocycles. The van der Waals surface area contributed by atoms with E-state index in [1.807, 2.05) is 0 Å². The Morgan fingerprint density at radius 2 is 1.69 bits per heavy atom. The Morgan fingerprint density at radius 1 is 1.00 bits per heavy atom. The molecule has 3 rings (SSSR count).